The molecular weight excluding hydrogens is 637 g/mol. The molecule has 0 aliphatic heterocycles. The Morgan fingerprint density at radius 3 is 1.61 bits per heavy atom. The molecule has 0 atom stereocenters. The molecule has 0 N–H and O–H groups in total. The van der Waals surface area contributed by atoms with E-state index >= 15 is 0 Å². The number of hydrogen-bond acceptors (Lipinski definition) is 3. The van der Waals surface area contributed by atoms with Crippen LogP contribution in [0.2, 0.25) is 0 Å². The van der Waals surface area contributed by atoms with Gasteiger partial charge in [0.15, 0.2) is 0 Å². The summed E-state index contributed by atoms with van der Waals surface area (Å²) in [6, 6.07) is 54.9. The van der Waals surface area contributed by atoms with Crippen molar-refractivity contribution in [2.75, 3.05) is 0 Å². The summed E-state index contributed by atoms with van der Waals surface area (Å²) in [6.07, 6.45) is 1.93. The van der Waals surface area contributed by atoms with Crippen LogP contribution in [-0.2, 0) is 0 Å². The quantitative estimate of drug-likeness (QED) is 0.174. The van der Waals surface area contributed by atoms with Crippen LogP contribution in [0.5, 0.6) is 0 Å². The molecule has 0 fully saturated rings. The van der Waals surface area contributed by atoms with Crippen molar-refractivity contribution in [2.45, 2.75) is 13.8 Å². The van der Waals surface area contributed by atoms with Crippen molar-refractivity contribution in [3.05, 3.63) is 169 Å². The van der Waals surface area contributed by atoms with Gasteiger partial charge in [0.2, 0.25) is 0 Å². The highest BCUT2D eigenvalue weighted by molar-refractivity contribution is 7.26. The van der Waals surface area contributed by atoms with Gasteiger partial charge in [-0.25, -0.2) is 4.98 Å². The Labute approximate surface area is 300 Å². The monoisotopic (exact) mass is 668 g/mol. The van der Waals surface area contributed by atoms with E-state index in [0.717, 1.165) is 33.1 Å². The molecule has 10 rings (SSSR count). The van der Waals surface area contributed by atoms with Crippen LogP contribution in [0.3, 0.4) is 0 Å². The Balaban J connectivity index is 1.03. The third kappa shape index (κ3) is 4.85. The van der Waals surface area contributed by atoms with Crippen LogP contribution in [0, 0.1) is 13.8 Å². The van der Waals surface area contributed by atoms with Gasteiger partial charge in [-0.05, 0) is 87.3 Å². The number of benzene rings is 8. The second-order valence-electron chi connectivity index (χ2n) is 13.5. The van der Waals surface area contributed by atoms with Crippen LogP contribution in [0.25, 0.3) is 97.4 Å². The van der Waals surface area contributed by atoms with Crippen molar-refractivity contribution in [3.8, 4) is 44.6 Å². The first kappa shape index (κ1) is 29.7. The predicted molar refractivity (Wildman–Crippen MR) is 219 cm³/mol. The van der Waals surface area contributed by atoms with Gasteiger partial charge in [-0.15, -0.1) is 11.3 Å². The van der Waals surface area contributed by atoms with E-state index in [4.69, 9.17) is 9.97 Å². The van der Waals surface area contributed by atoms with Crippen molar-refractivity contribution in [1.29, 1.82) is 0 Å². The molecule has 0 aliphatic carbocycles. The van der Waals surface area contributed by atoms with Crippen LogP contribution < -0.4 is 0 Å². The molecule has 0 radical (unpaired) electrons. The van der Waals surface area contributed by atoms with Crippen LogP contribution in [-0.4, -0.2) is 9.97 Å². The van der Waals surface area contributed by atoms with Gasteiger partial charge in [0, 0.05) is 36.5 Å². The zero-order valence-electron chi connectivity index (χ0n) is 28.3. The summed E-state index contributed by atoms with van der Waals surface area (Å²) in [5.74, 6) is 0. The van der Waals surface area contributed by atoms with Crippen molar-refractivity contribution in [3.63, 3.8) is 0 Å². The second-order valence-corrected chi connectivity index (χ2v) is 14.5. The maximum absolute atomic E-state index is 5.25. The molecule has 240 valence electrons. The topological polar surface area (TPSA) is 25.8 Å². The zero-order chi connectivity index (χ0) is 34.1. The highest BCUT2D eigenvalue weighted by Gasteiger charge is 2.15. The number of hydrogen-bond donors (Lipinski definition) is 0. The molecule has 0 amide bonds. The minimum absolute atomic E-state index is 0.876. The van der Waals surface area contributed by atoms with E-state index in [2.05, 4.69) is 166 Å². The summed E-state index contributed by atoms with van der Waals surface area (Å²) in [4.78, 5) is 10.3. The van der Waals surface area contributed by atoms with Gasteiger partial charge in [-0.1, -0.05) is 133 Å². The van der Waals surface area contributed by atoms with Gasteiger partial charge in [0.1, 0.15) is 0 Å². The molecule has 0 bridgehead atoms. The Kier molecular flexibility index (Phi) is 6.83. The van der Waals surface area contributed by atoms with Gasteiger partial charge in [0.25, 0.3) is 0 Å². The molecule has 2 aromatic heterocycles. The van der Waals surface area contributed by atoms with Crippen molar-refractivity contribution >= 4 is 64.1 Å². The van der Waals surface area contributed by atoms with E-state index in [0.29, 0.717) is 0 Å². The first-order valence-electron chi connectivity index (χ1n) is 17.4. The fourth-order valence-corrected chi connectivity index (χ4v) is 9.11. The molecule has 0 spiro atoms. The third-order valence-corrected chi connectivity index (χ3v) is 11.6. The van der Waals surface area contributed by atoms with Gasteiger partial charge in [-0.2, -0.15) is 0 Å². The first-order valence-corrected chi connectivity index (χ1v) is 18.2. The Morgan fingerprint density at radius 2 is 0.922 bits per heavy atom. The molecular formula is C48H32N2S. The molecule has 0 aliphatic rings. The summed E-state index contributed by atoms with van der Waals surface area (Å²) < 4.78 is 2.67. The van der Waals surface area contributed by atoms with E-state index < -0.39 is 0 Å². The predicted octanol–water partition coefficient (Wildman–Crippen LogP) is 13.6. The molecule has 0 saturated carbocycles. The molecule has 0 unspecified atom stereocenters. The second kappa shape index (κ2) is 11.7. The van der Waals surface area contributed by atoms with Crippen LogP contribution in [0.4, 0.5) is 0 Å². The highest BCUT2D eigenvalue weighted by Crippen LogP contribution is 2.41. The average Bonchev–Trinajstić information content (AvgIpc) is 3.58. The lowest BCUT2D eigenvalue weighted by Gasteiger charge is -2.15. The fraction of sp³-hybridized carbons (Fsp3) is 0.0417. The Morgan fingerprint density at radius 1 is 0.412 bits per heavy atom. The van der Waals surface area contributed by atoms with Crippen LogP contribution in [0.1, 0.15) is 11.1 Å². The highest BCUT2D eigenvalue weighted by atomic mass is 32.1. The zero-order valence-corrected chi connectivity index (χ0v) is 29.1. The summed E-state index contributed by atoms with van der Waals surface area (Å²) >= 11 is 1.88. The number of nitrogens with zero attached hydrogens (tertiary/aromatic N) is 2. The summed E-state index contributed by atoms with van der Waals surface area (Å²) in [6.45, 7) is 4.45. The SMILES string of the molecule is Cc1cc(-c2cccc(-c3cccc4c3sc3ccccc34)c2)c(C)cc1-c1cccc(-c2cnc3c4ccccc4c4ccccc4c3n2)c1. The van der Waals surface area contributed by atoms with E-state index in [1.165, 1.54) is 75.5 Å². The maximum Gasteiger partial charge on any atom is 0.0979 e. The Bertz CT molecular complexity index is 2970. The number of thiophene rings is 1. The van der Waals surface area contributed by atoms with Crippen molar-refractivity contribution < 1.29 is 0 Å². The van der Waals surface area contributed by atoms with Gasteiger partial charge in [0.05, 0.1) is 22.9 Å². The first-order chi connectivity index (χ1) is 25.1. The lowest BCUT2D eigenvalue weighted by molar-refractivity contribution is 1.31. The van der Waals surface area contributed by atoms with E-state index in [1.54, 1.807) is 0 Å². The maximum atomic E-state index is 5.25. The fourth-order valence-electron chi connectivity index (χ4n) is 7.88. The summed E-state index contributed by atoms with van der Waals surface area (Å²) in [5, 5.41) is 7.33. The smallest absolute Gasteiger partial charge is 0.0979 e. The standard InChI is InChI=1S/C48H32N2S/c1-29-25-43(30(2)24-42(29)32-13-9-12-31(26-32)35-21-11-22-41-38-18-7-8-23-45(38)51-48(35)41)33-14-10-15-34(27-33)44-28-49-46-39-19-5-3-16-36(39)37-17-4-6-20-40(37)47(46)50-44/h3-28H,1-2H3. The number of rotatable bonds is 4. The lowest BCUT2D eigenvalue weighted by atomic mass is 9.90. The molecule has 8 aromatic carbocycles. The molecule has 10 aromatic rings. The summed E-state index contributed by atoms with van der Waals surface area (Å²) in [7, 11) is 0. The van der Waals surface area contributed by atoms with Gasteiger partial charge in [-0.3, -0.25) is 4.98 Å². The van der Waals surface area contributed by atoms with E-state index in [9.17, 15) is 0 Å². The van der Waals surface area contributed by atoms with Crippen molar-refractivity contribution in [2.24, 2.45) is 0 Å². The number of fused-ring (bicyclic) bond motifs is 9. The summed E-state index contributed by atoms with van der Waals surface area (Å²) in [5.41, 5.74) is 13.7. The number of aromatic nitrogens is 2. The minimum Gasteiger partial charge on any atom is -0.252 e. The molecule has 51 heavy (non-hydrogen) atoms. The lowest BCUT2D eigenvalue weighted by Crippen LogP contribution is -1.93. The molecule has 2 heterocycles. The van der Waals surface area contributed by atoms with Crippen LogP contribution >= 0.6 is 11.3 Å². The van der Waals surface area contributed by atoms with Gasteiger partial charge >= 0.3 is 0 Å². The van der Waals surface area contributed by atoms with E-state index in [-0.39, 0.29) is 0 Å². The minimum atomic E-state index is 0.876. The molecule has 3 heteroatoms. The molecule has 0 saturated heterocycles. The van der Waals surface area contributed by atoms with E-state index in [1.807, 2.05) is 17.5 Å². The van der Waals surface area contributed by atoms with Crippen LogP contribution in [0.15, 0.2) is 158 Å². The van der Waals surface area contributed by atoms with Crippen molar-refractivity contribution in [1.82, 2.24) is 9.97 Å². The van der Waals surface area contributed by atoms with Gasteiger partial charge < -0.3 is 0 Å². The molecule has 2 nitrogen and oxygen atoms in total. The normalized spacial score (nSPS) is 11.7. The number of aryl methyl sites for hydroxylation is 2. The largest absolute Gasteiger partial charge is 0.252 e. The average molecular weight is 669 g/mol. The third-order valence-electron chi connectivity index (χ3n) is 10.4. The Hall–Kier alpha value is -6.16.